The lowest BCUT2D eigenvalue weighted by molar-refractivity contribution is -0.0603. The van der Waals surface area contributed by atoms with E-state index >= 15 is 0 Å². The number of urea groups is 1. The second-order valence-corrected chi connectivity index (χ2v) is 2.91. The van der Waals surface area contributed by atoms with E-state index in [1.165, 1.54) is 0 Å². The monoisotopic (exact) mass is 144 g/mol. The van der Waals surface area contributed by atoms with Gasteiger partial charge < -0.3 is 15.3 Å². The number of hydrogen-bond donors (Lipinski definition) is 2. The molecule has 0 unspecified atom stereocenters. The summed E-state index contributed by atoms with van der Waals surface area (Å²) in [4.78, 5) is 12.3. The predicted octanol–water partition coefficient (Wildman–Crippen LogP) is -0.608. The Morgan fingerprint density at radius 3 is 2.50 bits per heavy atom. The van der Waals surface area contributed by atoms with Gasteiger partial charge in [-0.2, -0.15) is 0 Å². The molecule has 0 bridgehead atoms. The molecule has 0 aromatic rings. The summed E-state index contributed by atoms with van der Waals surface area (Å²) in [6, 6.07) is -0.119. The zero-order chi connectivity index (χ0) is 7.78. The molecule has 2 N–H and O–H groups in total. The zero-order valence-electron chi connectivity index (χ0n) is 6.22. The van der Waals surface area contributed by atoms with Crippen LogP contribution < -0.4 is 5.32 Å². The second-order valence-electron chi connectivity index (χ2n) is 2.91. The number of rotatable bonds is 0. The number of carbonyl (C=O) groups is 1. The molecule has 4 nitrogen and oxygen atoms in total. The van der Waals surface area contributed by atoms with Crippen LogP contribution in [-0.4, -0.2) is 41.8 Å². The Morgan fingerprint density at radius 2 is 2.20 bits per heavy atom. The van der Waals surface area contributed by atoms with Crippen LogP contribution in [0.15, 0.2) is 0 Å². The number of hydrogen-bond acceptors (Lipinski definition) is 2. The number of nitrogens with one attached hydrogen (secondary N) is 1. The highest BCUT2D eigenvalue weighted by molar-refractivity contribution is 5.75. The lowest BCUT2D eigenvalue weighted by Crippen LogP contribution is -2.63. The molecule has 0 saturated carbocycles. The van der Waals surface area contributed by atoms with Gasteiger partial charge in [0.1, 0.15) is 0 Å². The van der Waals surface area contributed by atoms with Crippen molar-refractivity contribution in [2.24, 2.45) is 0 Å². The number of nitrogens with zero attached hydrogens (tertiary/aromatic N) is 1. The smallest absolute Gasteiger partial charge is 0.317 e. The first-order valence-electron chi connectivity index (χ1n) is 3.24. The fraction of sp³-hybridized carbons (Fsp3) is 0.833. The van der Waals surface area contributed by atoms with E-state index in [1.54, 1.807) is 18.9 Å². The lowest BCUT2D eigenvalue weighted by Gasteiger charge is -2.43. The Labute approximate surface area is 59.8 Å². The van der Waals surface area contributed by atoms with Crippen LogP contribution in [0.25, 0.3) is 0 Å². The van der Waals surface area contributed by atoms with Crippen molar-refractivity contribution in [3.05, 3.63) is 0 Å². The molecule has 1 rings (SSSR count). The van der Waals surface area contributed by atoms with Crippen molar-refractivity contribution in [3.8, 4) is 0 Å². The molecule has 0 aromatic carbocycles. The van der Waals surface area contributed by atoms with Gasteiger partial charge in [-0.25, -0.2) is 4.79 Å². The minimum atomic E-state index is -0.660. The van der Waals surface area contributed by atoms with Crippen molar-refractivity contribution in [1.29, 1.82) is 0 Å². The number of likely N-dealkylation sites (tertiary alicyclic amines) is 1. The van der Waals surface area contributed by atoms with Crippen molar-refractivity contribution < 1.29 is 9.90 Å². The first kappa shape index (κ1) is 7.34. The Balaban J connectivity index is 2.33. The van der Waals surface area contributed by atoms with Crippen LogP contribution in [0.1, 0.15) is 6.92 Å². The average Bonchev–Trinajstić information content (AvgIpc) is 1.81. The van der Waals surface area contributed by atoms with E-state index in [0.717, 1.165) is 0 Å². The van der Waals surface area contributed by atoms with Gasteiger partial charge in [-0.1, -0.05) is 0 Å². The van der Waals surface area contributed by atoms with E-state index in [9.17, 15) is 9.90 Å². The standard InChI is InChI=1S/C6H12N2O2/c1-6(10)3-8(4-6)5(9)7-2/h10H,3-4H2,1-2H3,(H,7,9). The second kappa shape index (κ2) is 2.12. The summed E-state index contributed by atoms with van der Waals surface area (Å²) in [7, 11) is 1.58. The number of β-amino-alcohol motifs (C(OH)–C–C–N with tert-alkyl or cyclic N) is 1. The number of carbonyl (C=O) groups excluding carboxylic acids is 1. The van der Waals surface area contributed by atoms with Gasteiger partial charge in [-0.15, -0.1) is 0 Å². The van der Waals surface area contributed by atoms with Gasteiger partial charge in [-0.05, 0) is 6.92 Å². The summed E-state index contributed by atoms with van der Waals surface area (Å²) in [5.41, 5.74) is -0.660. The first-order valence-corrected chi connectivity index (χ1v) is 3.24. The highest BCUT2D eigenvalue weighted by Gasteiger charge is 2.38. The summed E-state index contributed by atoms with van der Waals surface area (Å²) >= 11 is 0. The van der Waals surface area contributed by atoms with Crippen LogP contribution in [0.3, 0.4) is 0 Å². The molecule has 1 fully saturated rings. The summed E-state index contributed by atoms with van der Waals surface area (Å²) < 4.78 is 0. The molecule has 1 aliphatic rings. The minimum absolute atomic E-state index is 0.119. The SMILES string of the molecule is CNC(=O)N1CC(C)(O)C1. The maximum absolute atomic E-state index is 10.8. The third-order valence-corrected chi connectivity index (χ3v) is 1.56. The third-order valence-electron chi connectivity index (χ3n) is 1.56. The molecule has 0 aromatic heterocycles. The quantitative estimate of drug-likeness (QED) is 0.476. The van der Waals surface area contributed by atoms with Gasteiger partial charge in [0.05, 0.1) is 18.7 Å². The topological polar surface area (TPSA) is 52.6 Å². The van der Waals surface area contributed by atoms with Crippen molar-refractivity contribution in [3.63, 3.8) is 0 Å². The maximum Gasteiger partial charge on any atom is 0.317 e. The molecule has 1 saturated heterocycles. The van der Waals surface area contributed by atoms with Gasteiger partial charge in [0, 0.05) is 7.05 Å². The number of amides is 2. The van der Waals surface area contributed by atoms with Crippen molar-refractivity contribution in [2.75, 3.05) is 20.1 Å². The van der Waals surface area contributed by atoms with Gasteiger partial charge >= 0.3 is 6.03 Å². The van der Waals surface area contributed by atoms with E-state index < -0.39 is 5.60 Å². The highest BCUT2D eigenvalue weighted by atomic mass is 16.3. The molecule has 1 heterocycles. The van der Waals surface area contributed by atoms with E-state index in [2.05, 4.69) is 5.32 Å². The molecule has 10 heavy (non-hydrogen) atoms. The van der Waals surface area contributed by atoms with Gasteiger partial charge in [0.15, 0.2) is 0 Å². The molecule has 0 spiro atoms. The van der Waals surface area contributed by atoms with Crippen molar-refractivity contribution >= 4 is 6.03 Å². The van der Waals surface area contributed by atoms with Crippen molar-refractivity contribution in [1.82, 2.24) is 10.2 Å². The normalized spacial score (nSPS) is 21.7. The van der Waals surface area contributed by atoms with Crippen LogP contribution in [0.5, 0.6) is 0 Å². The Bertz CT molecular complexity index is 148. The summed E-state index contributed by atoms with van der Waals surface area (Å²) in [5, 5.41) is 11.7. The molecular weight excluding hydrogens is 132 g/mol. The maximum atomic E-state index is 10.8. The summed E-state index contributed by atoms with van der Waals surface area (Å²) in [6.07, 6.45) is 0. The fourth-order valence-corrected chi connectivity index (χ4v) is 1.08. The van der Waals surface area contributed by atoms with Crippen LogP contribution in [0, 0.1) is 0 Å². The van der Waals surface area contributed by atoms with Crippen LogP contribution in [0.2, 0.25) is 0 Å². The molecule has 0 radical (unpaired) electrons. The average molecular weight is 144 g/mol. The van der Waals surface area contributed by atoms with E-state index in [-0.39, 0.29) is 6.03 Å². The van der Waals surface area contributed by atoms with Crippen LogP contribution in [-0.2, 0) is 0 Å². The third kappa shape index (κ3) is 1.21. The van der Waals surface area contributed by atoms with Gasteiger partial charge in [-0.3, -0.25) is 0 Å². The predicted molar refractivity (Wildman–Crippen MR) is 36.7 cm³/mol. The van der Waals surface area contributed by atoms with Gasteiger partial charge in [0.2, 0.25) is 0 Å². The molecule has 2 amide bonds. The lowest BCUT2D eigenvalue weighted by atomic mass is 9.98. The molecule has 58 valence electrons. The Hall–Kier alpha value is -0.770. The molecule has 4 heteroatoms. The fourth-order valence-electron chi connectivity index (χ4n) is 1.08. The number of aliphatic hydroxyl groups is 1. The largest absolute Gasteiger partial charge is 0.386 e. The minimum Gasteiger partial charge on any atom is -0.386 e. The van der Waals surface area contributed by atoms with Crippen LogP contribution in [0.4, 0.5) is 4.79 Å². The van der Waals surface area contributed by atoms with Crippen molar-refractivity contribution in [2.45, 2.75) is 12.5 Å². The summed E-state index contributed by atoms with van der Waals surface area (Å²) in [5.74, 6) is 0. The van der Waals surface area contributed by atoms with E-state index in [4.69, 9.17) is 0 Å². The Kier molecular flexibility index (Phi) is 1.56. The van der Waals surface area contributed by atoms with E-state index in [0.29, 0.717) is 13.1 Å². The Morgan fingerprint density at radius 1 is 1.70 bits per heavy atom. The van der Waals surface area contributed by atoms with Crippen LogP contribution >= 0.6 is 0 Å². The molecule has 0 aliphatic carbocycles. The molecule has 1 aliphatic heterocycles. The molecular formula is C6H12N2O2. The van der Waals surface area contributed by atoms with E-state index in [1.807, 2.05) is 0 Å². The summed E-state index contributed by atoms with van der Waals surface area (Å²) in [6.45, 7) is 2.59. The molecule has 0 atom stereocenters. The van der Waals surface area contributed by atoms with Gasteiger partial charge in [0.25, 0.3) is 0 Å². The first-order chi connectivity index (χ1) is 4.55. The highest BCUT2D eigenvalue weighted by Crippen LogP contribution is 2.18. The zero-order valence-corrected chi connectivity index (χ0v) is 6.22.